The molecule has 4 heteroatoms. The molecule has 3 rings (SSSR count). The van der Waals surface area contributed by atoms with Crippen molar-refractivity contribution in [2.45, 2.75) is 67.8 Å². The number of rotatable bonds is 5. The van der Waals surface area contributed by atoms with Gasteiger partial charge in [-0.05, 0) is 58.2 Å². The van der Waals surface area contributed by atoms with Crippen LogP contribution >= 0.6 is 11.8 Å². The quantitative estimate of drug-likeness (QED) is 0.719. The van der Waals surface area contributed by atoms with Gasteiger partial charge >= 0.3 is 0 Å². The SMILES string of the molecule is CC1(C)CC(NC(=O)[C@H](Sc2ccccc2)c2ccccc2)CC(C)(C)N1. The lowest BCUT2D eigenvalue weighted by atomic mass is 9.79. The first-order chi connectivity index (χ1) is 12.7. The minimum absolute atomic E-state index is 0.00845. The van der Waals surface area contributed by atoms with Crippen LogP contribution in [-0.4, -0.2) is 23.0 Å². The lowest BCUT2D eigenvalue weighted by Gasteiger charge is -2.46. The van der Waals surface area contributed by atoms with E-state index in [2.05, 4.69) is 50.5 Å². The molecule has 2 N–H and O–H groups in total. The Bertz CT molecular complexity index is 742. The first-order valence-corrected chi connectivity index (χ1v) is 10.5. The zero-order valence-corrected chi connectivity index (χ0v) is 17.5. The smallest absolute Gasteiger partial charge is 0.238 e. The molecule has 0 saturated carbocycles. The van der Waals surface area contributed by atoms with E-state index in [1.54, 1.807) is 11.8 Å². The molecule has 0 spiro atoms. The van der Waals surface area contributed by atoms with Gasteiger partial charge in [-0.15, -0.1) is 11.8 Å². The van der Waals surface area contributed by atoms with Gasteiger partial charge < -0.3 is 10.6 Å². The van der Waals surface area contributed by atoms with E-state index in [4.69, 9.17) is 0 Å². The number of hydrogen-bond donors (Lipinski definition) is 2. The van der Waals surface area contributed by atoms with E-state index in [9.17, 15) is 4.79 Å². The third-order valence-corrected chi connectivity index (χ3v) is 6.14. The van der Waals surface area contributed by atoms with Gasteiger partial charge in [-0.1, -0.05) is 48.5 Å². The van der Waals surface area contributed by atoms with Crippen LogP contribution in [-0.2, 0) is 4.79 Å². The predicted molar refractivity (Wildman–Crippen MR) is 114 cm³/mol. The van der Waals surface area contributed by atoms with Crippen LogP contribution in [0.1, 0.15) is 51.3 Å². The number of nitrogens with one attached hydrogen (secondary N) is 2. The fourth-order valence-corrected chi connectivity index (χ4v) is 5.29. The highest BCUT2D eigenvalue weighted by atomic mass is 32.2. The number of amides is 1. The van der Waals surface area contributed by atoms with E-state index in [0.29, 0.717) is 0 Å². The van der Waals surface area contributed by atoms with Crippen LogP contribution in [0.5, 0.6) is 0 Å². The van der Waals surface area contributed by atoms with Gasteiger partial charge in [0, 0.05) is 22.0 Å². The van der Waals surface area contributed by atoms with Gasteiger partial charge in [-0.3, -0.25) is 4.79 Å². The topological polar surface area (TPSA) is 41.1 Å². The Labute approximate surface area is 167 Å². The van der Waals surface area contributed by atoms with Crippen molar-refractivity contribution in [3.05, 3.63) is 66.2 Å². The minimum atomic E-state index is -0.255. The molecule has 1 saturated heterocycles. The zero-order chi connectivity index (χ0) is 19.5. The lowest BCUT2D eigenvalue weighted by Crippen LogP contribution is -2.62. The van der Waals surface area contributed by atoms with Crippen LogP contribution in [0.15, 0.2) is 65.6 Å². The van der Waals surface area contributed by atoms with Crippen LogP contribution < -0.4 is 10.6 Å². The number of thioether (sulfide) groups is 1. The molecule has 0 unspecified atom stereocenters. The van der Waals surface area contributed by atoms with Crippen molar-refractivity contribution < 1.29 is 4.79 Å². The molecule has 2 aromatic rings. The molecule has 1 amide bonds. The van der Waals surface area contributed by atoms with Crippen molar-refractivity contribution in [3.8, 4) is 0 Å². The standard InChI is InChI=1S/C23H30N2OS/c1-22(2)15-18(16-23(3,4)25-22)24-21(26)20(17-11-7-5-8-12-17)27-19-13-9-6-10-14-19/h5-14,18,20,25H,15-16H2,1-4H3,(H,24,26)/t20-/m1/s1. The highest BCUT2D eigenvalue weighted by Gasteiger charge is 2.39. The first-order valence-electron chi connectivity index (χ1n) is 9.60. The number of benzene rings is 2. The highest BCUT2D eigenvalue weighted by molar-refractivity contribution is 8.00. The number of piperidine rings is 1. The van der Waals surface area contributed by atoms with Crippen molar-refractivity contribution in [3.63, 3.8) is 0 Å². The lowest BCUT2D eigenvalue weighted by molar-refractivity contribution is -0.121. The average molecular weight is 383 g/mol. The van der Waals surface area contributed by atoms with Crippen LogP contribution in [0.4, 0.5) is 0 Å². The second-order valence-electron chi connectivity index (χ2n) is 8.73. The van der Waals surface area contributed by atoms with Gasteiger partial charge in [0.15, 0.2) is 0 Å². The van der Waals surface area contributed by atoms with E-state index in [-0.39, 0.29) is 28.3 Å². The van der Waals surface area contributed by atoms with Crippen LogP contribution in [0.3, 0.4) is 0 Å². The van der Waals surface area contributed by atoms with Crippen molar-refractivity contribution >= 4 is 17.7 Å². The van der Waals surface area contributed by atoms with Crippen LogP contribution in [0.25, 0.3) is 0 Å². The summed E-state index contributed by atoms with van der Waals surface area (Å²) >= 11 is 1.61. The summed E-state index contributed by atoms with van der Waals surface area (Å²) in [4.78, 5) is 14.4. The van der Waals surface area contributed by atoms with Gasteiger partial charge in [0.25, 0.3) is 0 Å². The molecule has 0 bridgehead atoms. The molecule has 2 aromatic carbocycles. The third-order valence-electron chi connectivity index (χ3n) is 4.87. The molecule has 3 nitrogen and oxygen atoms in total. The van der Waals surface area contributed by atoms with Gasteiger partial charge in [0.2, 0.25) is 5.91 Å². The summed E-state index contributed by atoms with van der Waals surface area (Å²) in [5, 5.41) is 6.77. The van der Waals surface area contributed by atoms with E-state index < -0.39 is 0 Å². The summed E-state index contributed by atoms with van der Waals surface area (Å²) in [6.07, 6.45) is 1.86. The Hall–Kier alpha value is -1.78. The maximum Gasteiger partial charge on any atom is 0.238 e. The first kappa shape index (κ1) is 20.0. The van der Waals surface area contributed by atoms with Crippen molar-refractivity contribution in [2.75, 3.05) is 0 Å². The molecule has 1 atom stereocenters. The van der Waals surface area contributed by atoms with Gasteiger partial charge in [0.1, 0.15) is 5.25 Å². The molecule has 0 radical (unpaired) electrons. The summed E-state index contributed by atoms with van der Waals surface area (Å²) in [5.74, 6) is 0.0913. The Morgan fingerprint density at radius 2 is 1.48 bits per heavy atom. The predicted octanol–water partition coefficient (Wildman–Crippen LogP) is 4.95. The highest BCUT2D eigenvalue weighted by Crippen LogP contribution is 2.36. The summed E-state index contributed by atoms with van der Waals surface area (Å²) in [6.45, 7) is 8.84. The summed E-state index contributed by atoms with van der Waals surface area (Å²) in [7, 11) is 0. The molecular weight excluding hydrogens is 352 g/mol. The minimum Gasteiger partial charge on any atom is -0.352 e. The van der Waals surface area contributed by atoms with Crippen molar-refractivity contribution in [2.24, 2.45) is 0 Å². The van der Waals surface area contributed by atoms with Crippen LogP contribution in [0, 0.1) is 0 Å². The molecule has 1 aliphatic heterocycles. The van der Waals surface area contributed by atoms with E-state index in [1.165, 1.54) is 0 Å². The normalized spacial score (nSPS) is 20.0. The second-order valence-corrected chi connectivity index (χ2v) is 9.91. The zero-order valence-electron chi connectivity index (χ0n) is 16.7. The fraction of sp³-hybridized carbons (Fsp3) is 0.435. The second kappa shape index (κ2) is 8.07. The number of carbonyl (C=O) groups excluding carboxylic acids is 1. The van der Waals surface area contributed by atoms with Crippen molar-refractivity contribution in [1.29, 1.82) is 0 Å². The van der Waals surface area contributed by atoms with E-state index in [1.807, 2.05) is 48.5 Å². The summed E-state index contributed by atoms with van der Waals surface area (Å²) in [6, 6.07) is 20.4. The Morgan fingerprint density at radius 1 is 0.963 bits per heavy atom. The largest absolute Gasteiger partial charge is 0.352 e. The van der Waals surface area contributed by atoms with Gasteiger partial charge in [-0.2, -0.15) is 0 Å². The Morgan fingerprint density at radius 3 is 2.04 bits per heavy atom. The summed E-state index contributed by atoms with van der Waals surface area (Å²) in [5.41, 5.74) is 1.06. The molecule has 27 heavy (non-hydrogen) atoms. The van der Waals surface area contributed by atoms with E-state index >= 15 is 0 Å². The molecule has 144 valence electrons. The number of carbonyl (C=O) groups is 1. The Balaban J connectivity index is 1.79. The fourth-order valence-electron chi connectivity index (χ4n) is 4.24. The van der Waals surface area contributed by atoms with Crippen LogP contribution in [0.2, 0.25) is 0 Å². The van der Waals surface area contributed by atoms with Gasteiger partial charge in [-0.25, -0.2) is 0 Å². The maximum absolute atomic E-state index is 13.3. The molecule has 0 aliphatic carbocycles. The maximum atomic E-state index is 13.3. The molecule has 1 heterocycles. The molecule has 0 aromatic heterocycles. The third kappa shape index (κ3) is 5.60. The van der Waals surface area contributed by atoms with E-state index in [0.717, 1.165) is 23.3 Å². The molecular formula is C23H30N2OS. The summed E-state index contributed by atoms with van der Waals surface area (Å²) < 4.78 is 0. The molecule has 1 fully saturated rings. The molecule has 1 aliphatic rings. The average Bonchev–Trinajstić information content (AvgIpc) is 2.58. The monoisotopic (exact) mass is 382 g/mol. The van der Waals surface area contributed by atoms with Crippen molar-refractivity contribution in [1.82, 2.24) is 10.6 Å². The van der Waals surface area contributed by atoms with Gasteiger partial charge in [0.05, 0.1) is 0 Å². The Kier molecular flexibility index (Phi) is 5.97. The number of hydrogen-bond acceptors (Lipinski definition) is 3.